The zero-order chi connectivity index (χ0) is 13.4. The minimum absolute atomic E-state index is 0.596. The summed E-state index contributed by atoms with van der Waals surface area (Å²) >= 11 is 0. The molecule has 0 spiro atoms. The zero-order valence-electron chi connectivity index (χ0n) is 10.7. The van der Waals surface area contributed by atoms with Crippen LogP contribution in [-0.2, 0) is 5.54 Å². The summed E-state index contributed by atoms with van der Waals surface area (Å²) in [6.07, 6.45) is 9.01. The number of fused-ring (bicyclic) bond motifs is 1. The molecule has 96 valence electrons. The Hall–Kier alpha value is -2.68. The molecule has 2 aromatic carbocycles. The number of rotatable bonds is 2. The molecule has 1 aliphatic rings. The Labute approximate surface area is 116 Å². The van der Waals surface area contributed by atoms with E-state index in [0.717, 1.165) is 10.9 Å². The molecule has 2 heterocycles. The van der Waals surface area contributed by atoms with Crippen LogP contribution >= 0.6 is 0 Å². The van der Waals surface area contributed by atoms with Gasteiger partial charge < -0.3 is 4.42 Å². The van der Waals surface area contributed by atoms with Crippen LogP contribution in [0.15, 0.2) is 76.5 Å². The number of aliphatic imine (C=N–C) groups is 1. The predicted molar refractivity (Wildman–Crippen MR) is 78.9 cm³/mol. The van der Waals surface area contributed by atoms with E-state index in [-0.39, 0.29) is 0 Å². The average molecular weight is 260 g/mol. The Morgan fingerprint density at radius 3 is 2.70 bits per heavy atom. The molecule has 20 heavy (non-hydrogen) atoms. The molecule has 1 unspecified atom stereocenters. The van der Waals surface area contributed by atoms with Crippen molar-refractivity contribution in [3.63, 3.8) is 0 Å². The van der Waals surface area contributed by atoms with Gasteiger partial charge in [0, 0.05) is 11.8 Å². The van der Waals surface area contributed by atoms with Crippen LogP contribution in [0, 0.1) is 0 Å². The number of allylic oxidation sites excluding steroid dienone is 1. The fourth-order valence-electron chi connectivity index (χ4n) is 2.76. The Morgan fingerprint density at radius 2 is 1.90 bits per heavy atom. The second kappa shape index (κ2) is 4.17. The summed E-state index contributed by atoms with van der Waals surface area (Å²) in [5.41, 5.74) is 0.438. The van der Waals surface area contributed by atoms with Crippen LogP contribution < -0.4 is 0 Å². The smallest absolute Gasteiger partial charge is 0.230 e. The third-order valence-electron chi connectivity index (χ3n) is 3.66. The maximum atomic E-state index is 5.55. The van der Waals surface area contributed by atoms with Crippen LogP contribution in [0.2, 0.25) is 0 Å². The van der Waals surface area contributed by atoms with Crippen molar-refractivity contribution in [1.82, 2.24) is 4.98 Å². The molecule has 0 N–H and O–H groups in total. The van der Waals surface area contributed by atoms with E-state index in [4.69, 9.17) is 4.42 Å². The molecule has 0 saturated heterocycles. The normalized spacial score (nSPS) is 20.8. The number of oxazole rings is 1. The van der Waals surface area contributed by atoms with Crippen molar-refractivity contribution in [3.8, 4) is 0 Å². The summed E-state index contributed by atoms with van der Waals surface area (Å²) in [6.45, 7) is 0. The minimum Gasteiger partial charge on any atom is -0.446 e. The Bertz CT molecular complexity index is 799. The summed E-state index contributed by atoms with van der Waals surface area (Å²) in [4.78, 5) is 8.96. The molecule has 3 nitrogen and oxygen atoms in total. The molecule has 3 aromatic rings. The van der Waals surface area contributed by atoms with E-state index in [1.54, 1.807) is 18.7 Å². The second-order valence-electron chi connectivity index (χ2n) is 4.77. The van der Waals surface area contributed by atoms with Crippen molar-refractivity contribution in [1.29, 1.82) is 0 Å². The van der Waals surface area contributed by atoms with Crippen molar-refractivity contribution in [2.75, 3.05) is 0 Å². The fourth-order valence-corrected chi connectivity index (χ4v) is 2.76. The van der Waals surface area contributed by atoms with E-state index in [9.17, 15) is 0 Å². The Morgan fingerprint density at radius 1 is 1.00 bits per heavy atom. The lowest BCUT2D eigenvalue weighted by molar-refractivity contribution is 0.433. The first-order valence-electron chi connectivity index (χ1n) is 6.51. The molecular weight excluding hydrogens is 248 g/mol. The van der Waals surface area contributed by atoms with Crippen molar-refractivity contribution in [2.45, 2.75) is 5.54 Å². The van der Waals surface area contributed by atoms with Crippen LogP contribution in [0.3, 0.4) is 0 Å². The Balaban J connectivity index is 2.06. The van der Waals surface area contributed by atoms with Gasteiger partial charge in [0.2, 0.25) is 5.89 Å². The van der Waals surface area contributed by atoms with Gasteiger partial charge in [-0.2, -0.15) is 0 Å². The van der Waals surface area contributed by atoms with Crippen LogP contribution in [-0.4, -0.2) is 11.2 Å². The third kappa shape index (κ3) is 1.46. The maximum absolute atomic E-state index is 5.55. The maximum Gasteiger partial charge on any atom is 0.230 e. The summed E-state index contributed by atoms with van der Waals surface area (Å²) < 4.78 is 5.55. The van der Waals surface area contributed by atoms with Gasteiger partial charge in [-0.3, -0.25) is 4.99 Å². The standard InChI is InChI=1S/C17H12N2O/c1-2-7-14-13(5-1)6-3-8-15(14)17(9-4-10-19-17)16-18-11-12-20-16/h1-12H. The quantitative estimate of drug-likeness (QED) is 0.704. The van der Waals surface area contributed by atoms with Crippen LogP contribution in [0.1, 0.15) is 11.5 Å². The van der Waals surface area contributed by atoms with E-state index in [1.165, 1.54) is 5.39 Å². The molecule has 1 atom stereocenters. The van der Waals surface area contributed by atoms with E-state index in [0.29, 0.717) is 5.89 Å². The number of hydrogen-bond acceptors (Lipinski definition) is 3. The molecule has 1 aliphatic heterocycles. The lowest BCUT2D eigenvalue weighted by Crippen LogP contribution is -2.21. The molecule has 1 aromatic heterocycles. The summed E-state index contributed by atoms with van der Waals surface area (Å²) in [5.74, 6) is 0.596. The van der Waals surface area contributed by atoms with Crippen molar-refractivity contribution >= 4 is 17.0 Å². The zero-order valence-corrected chi connectivity index (χ0v) is 10.7. The van der Waals surface area contributed by atoms with Gasteiger partial charge in [-0.05, 0) is 22.9 Å². The molecule has 3 heteroatoms. The molecule has 0 saturated carbocycles. The van der Waals surface area contributed by atoms with E-state index in [1.807, 2.05) is 30.4 Å². The highest BCUT2D eigenvalue weighted by molar-refractivity contribution is 5.89. The summed E-state index contributed by atoms with van der Waals surface area (Å²) in [6, 6.07) is 14.5. The number of nitrogens with zero attached hydrogens (tertiary/aromatic N) is 2. The first kappa shape index (κ1) is 11.2. The first-order valence-corrected chi connectivity index (χ1v) is 6.51. The van der Waals surface area contributed by atoms with Crippen LogP contribution in [0.25, 0.3) is 10.8 Å². The lowest BCUT2D eigenvalue weighted by atomic mass is 9.87. The highest BCUT2D eigenvalue weighted by Crippen LogP contribution is 2.39. The molecule has 4 rings (SSSR count). The molecule has 0 radical (unpaired) electrons. The van der Waals surface area contributed by atoms with Crippen molar-refractivity contribution < 1.29 is 4.42 Å². The molecule has 0 aliphatic carbocycles. The van der Waals surface area contributed by atoms with Crippen molar-refractivity contribution in [3.05, 3.63) is 78.5 Å². The predicted octanol–water partition coefficient (Wildman–Crippen LogP) is 3.71. The third-order valence-corrected chi connectivity index (χ3v) is 3.66. The van der Waals surface area contributed by atoms with Gasteiger partial charge in [0.1, 0.15) is 6.26 Å². The van der Waals surface area contributed by atoms with Crippen molar-refractivity contribution in [2.24, 2.45) is 4.99 Å². The van der Waals surface area contributed by atoms with Crippen LogP contribution in [0.4, 0.5) is 0 Å². The molecular formula is C17H12N2O. The minimum atomic E-state index is -0.648. The van der Waals surface area contributed by atoms with E-state index >= 15 is 0 Å². The van der Waals surface area contributed by atoms with Gasteiger partial charge in [0.25, 0.3) is 0 Å². The van der Waals surface area contributed by atoms with Gasteiger partial charge in [-0.1, -0.05) is 42.5 Å². The SMILES string of the molecule is C1=CC(c2ncco2)(c2cccc3ccccc23)N=C1. The highest BCUT2D eigenvalue weighted by Gasteiger charge is 2.38. The first-order chi connectivity index (χ1) is 9.90. The second-order valence-corrected chi connectivity index (χ2v) is 4.77. The summed E-state index contributed by atoms with van der Waals surface area (Å²) in [7, 11) is 0. The van der Waals surface area contributed by atoms with Crippen LogP contribution in [0.5, 0.6) is 0 Å². The fraction of sp³-hybridized carbons (Fsp3) is 0.0588. The van der Waals surface area contributed by atoms with Gasteiger partial charge in [-0.15, -0.1) is 0 Å². The number of aromatic nitrogens is 1. The topological polar surface area (TPSA) is 38.4 Å². The molecule has 0 bridgehead atoms. The highest BCUT2D eigenvalue weighted by atomic mass is 16.3. The molecule has 0 fully saturated rings. The lowest BCUT2D eigenvalue weighted by Gasteiger charge is -2.22. The van der Waals surface area contributed by atoms with Gasteiger partial charge >= 0.3 is 0 Å². The monoisotopic (exact) mass is 260 g/mol. The number of benzene rings is 2. The number of hydrogen-bond donors (Lipinski definition) is 0. The van der Waals surface area contributed by atoms with Gasteiger partial charge in [-0.25, -0.2) is 4.98 Å². The van der Waals surface area contributed by atoms with E-state index < -0.39 is 5.54 Å². The van der Waals surface area contributed by atoms with Gasteiger partial charge in [0.05, 0.1) is 6.20 Å². The van der Waals surface area contributed by atoms with E-state index in [2.05, 4.69) is 34.2 Å². The molecule has 0 amide bonds. The van der Waals surface area contributed by atoms with Gasteiger partial charge in [0.15, 0.2) is 5.54 Å². The summed E-state index contributed by atoms with van der Waals surface area (Å²) in [5, 5.41) is 2.35. The average Bonchev–Trinajstić information content (AvgIpc) is 3.18. The largest absolute Gasteiger partial charge is 0.446 e. The Kier molecular flexibility index (Phi) is 2.33.